The summed E-state index contributed by atoms with van der Waals surface area (Å²) in [6.45, 7) is 0.220. The molecule has 1 atom stereocenters. The molecule has 2 aromatic rings. The Labute approximate surface area is 179 Å². The van der Waals surface area contributed by atoms with Crippen LogP contribution in [0, 0.1) is 11.7 Å². The number of benzene rings is 2. The highest BCUT2D eigenvalue weighted by Gasteiger charge is 2.35. The number of halogens is 2. The van der Waals surface area contributed by atoms with Crippen LogP contribution in [0.1, 0.15) is 12.8 Å². The molecular formula is C20H22ClFN2O5S. The van der Waals surface area contributed by atoms with Crippen LogP contribution in [0.25, 0.3) is 0 Å². The lowest BCUT2D eigenvalue weighted by Gasteiger charge is -2.31. The summed E-state index contributed by atoms with van der Waals surface area (Å²) < 4.78 is 51.2. The van der Waals surface area contributed by atoms with Gasteiger partial charge in [-0.1, -0.05) is 11.6 Å². The second kappa shape index (κ2) is 9.20. The van der Waals surface area contributed by atoms with Crippen LogP contribution in [0.4, 0.5) is 10.1 Å². The van der Waals surface area contributed by atoms with Crippen LogP contribution in [-0.2, 0) is 14.8 Å². The lowest BCUT2D eigenvalue weighted by atomic mass is 9.98. The van der Waals surface area contributed by atoms with Crippen molar-refractivity contribution in [3.05, 3.63) is 47.2 Å². The van der Waals surface area contributed by atoms with Gasteiger partial charge in [-0.2, -0.15) is 4.31 Å². The van der Waals surface area contributed by atoms with E-state index >= 15 is 0 Å². The normalized spacial score (nSPS) is 17.4. The molecule has 10 heteroatoms. The summed E-state index contributed by atoms with van der Waals surface area (Å²) in [5.74, 6) is -1.03. The first-order chi connectivity index (χ1) is 14.3. The lowest BCUT2D eigenvalue weighted by Crippen LogP contribution is -2.43. The van der Waals surface area contributed by atoms with Crippen LogP contribution in [0.2, 0.25) is 5.02 Å². The maximum Gasteiger partial charge on any atom is 0.246 e. The van der Waals surface area contributed by atoms with E-state index in [1.165, 1.54) is 24.6 Å². The second-order valence-electron chi connectivity index (χ2n) is 6.84. The number of nitrogens with zero attached hydrogens (tertiary/aromatic N) is 1. The minimum absolute atomic E-state index is 0.0161. The number of ether oxygens (including phenoxy) is 2. The van der Waals surface area contributed by atoms with Crippen molar-refractivity contribution < 1.29 is 27.1 Å². The van der Waals surface area contributed by atoms with E-state index in [4.69, 9.17) is 21.1 Å². The van der Waals surface area contributed by atoms with Crippen LogP contribution in [-0.4, -0.2) is 45.9 Å². The van der Waals surface area contributed by atoms with Gasteiger partial charge in [0.2, 0.25) is 15.9 Å². The Morgan fingerprint density at radius 2 is 1.87 bits per heavy atom. The van der Waals surface area contributed by atoms with Crippen molar-refractivity contribution in [2.24, 2.45) is 5.92 Å². The molecule has 1 amide bonds. The SMILES string of the molecule is COc1ccc(NC(=O)[C@@H]2CCCN(S(=O)(=O)c3cc(F)ccc3OC)C2)cc1Cl. The molecule has 0 spiro atoms. The molecule has 162 valence electrons. The zero-order valence-corrected chi connectivity index (χ0v) is 18.1. The molecular weight excluding hydrogens is 435 g/mol. The first kappa shape index (κ1) is 22.3. The van der Waals surface area contributed by atoms with Crippen molar-refractivity contribution in [2.75, 3.05) is 32.6 Å². The summed E-state index contributed by atoms with van der Waals surface area (Å²) in [6, 6.07) is 8.17. The van der Waals surface area contributed by atoms with Gasteiger partial charge < -0.3 is 14.8 Å². The molecule has 0 unspecified atom stereocenters. The quantitative estimate of drug-likeness (QED) is 0.718. The number of sulfonamides is 1. The number of piperidine rings is 1. The fourth-order valence-corrected chi connectivity index (χ4v) is 5.30. The van der Waals surface area contributed by atoms with Crippen molar-refractivity contribution in [2.45, 2.75) is 17.7 Å². The highest BCUT2D eigenvalue weighted by molar-refractivity contribution is 7.89. The van der Waals surface area contributed by atoms with Gasteiger partial charge in [-0.25, -0.2) is 12.8 Å². The van der Waals surface area contributed by atoms with Crippen LogP contribution < -0.4 is 14.8 Å². The van der Waals surface area contributed by atoms with Crippen LogP contribution in [0.5, 0.6) is 11.5 Å². The van der Waals surface area contributed by atoms with E-state index in [0.29, 0.717) is 29.3 Å². The Morgan fingerprint density at radius 1 is 1.17 bits per heavy atom. The molecule has 0 aliphatic carbocycles. The number of hydrogen-bond acceptors (Lipinski definition) is 5. The van der Waals surface area contributed by atoms with Crippen molar-refractivity contribution >= 4 is 33.2 Å². The maximum absolute atomic E-state index is 13.7. The van der Waals surface area contributed by atoms with E-state index in [2.05, 4.69) is 5.32 Å². The molecule has 1 heterocycles. The number of carbonyl (C=O) groups is 1. The van der Waals surface area contributed by atoms with Crippen LogP contribution >= 0.6 is 11.6 Å². The molecule has 3 rings (SSSR count). The summed E-state index contributed by atoms with van der Waals surface area (Å²) >= 11 is 6.08. The van der Waals surface area contributed by atoms with Crippen LogP contribution in [0.15, 0.2) is 41.3 Å². The van der Waals surface area contributed by atoms with Gasteiger partial charge in [0, 0.05) is 18.8 Å². The van der Waals surface area contributed by atoms with Crippen molar-refractivity contribution in [3.8, 4) is 11.5 Å². The molecule has 1 aliphatic rings. The van der Waals surface area contributed by atoms with E-state index in [1.54, 1.807) is 18.2 Å². The largest absolute Gasteiger partial charge is 0.495 e. The summed E-state index contributed by atoms with van der Waals surface area (Å²) in [4.78, 5) is 12.5. The fraction of sp³-hybridized carbons (Fsp3) is 0.350. The van der Waals surface area contributed by atoms with Crippen molar-refractivity contribution in [1.29, 1.82) is 0 Å². The summed E-state index contributed by atoms with van der Waals surface area (Å²) in [7, 11) is -1.22. The zero-order chi connectivity index (χ0) is 21.9. The minimum atomic E-state index is -4.03. The average Bonchev–Trinajstić information content (AvgIpc) is 2.74. The predicted octanol–water partition coefficient (Wildman–Crippen LogP) is 3.54. The number of hydrogen-bond donors (Lipinski definition) is 1. The van der Waals surface area contributed by atoms with Gasteiger partial charge in [-0.05, 0) is 49.2 Å². The molecule has 0 saturated carbocycles. The van der Waals surface area contributed by atoms with Gasteiger partial charge in [0.05, 0.1) is 25.2 Å². The Morgan fingerprint density at radius 3 is 2.53 bits per heavy atom. The Hall–Kier alpha value is -2.36. The van der Waals surface area contributed by atoms with Gasteiger partial charge in [-0.15, -0.1) is 0 Å². The van der Waals surface area contributed by atoms with Gasteiger partial charge >= 0.3 is 0 Å². The van der Waals surface area contributed by atoms with Crippen LogP contribution in [0.3, 0.4) is 0 Å². The summed E-state index contributed by atoms with van der Waals surface area (Å²) in [6.07, 6.45) is 1.03. The van der Waals surface area contributed by atoms with E-state index in [0.717, 1.165) is 12.1 Å². The standard InChI is InChI=1S/C20H22ClFN2O5S/c1-28-17-8-6-15(11-16(17)21)23-20(25)13-4-3-9-24(12-13)30(26,27)19-10-14(22)5-7-18(19)29-2/h5-8,10-11,13H,3-4,9,12H2,1-2H3,(H,23,25)/t13-/m1/s1. The molecule has 1 aliphatic heterocycles. The average molecular weight is 457 g/mol. The third-order valence-corrected chi connectivity index (χ3v) is 7.10. The number of rotatable bonds is 6. The Kier molecular flexibility index (Phi) is 6.84. The van der Waals surface area contributed by atoms with Crippen molar-refractivity contribution in [1.82, 2.24) is 4.31 Å². The van der Waals surface area contributed by atoms with E-state index in [9.17, 15) is 17.6 Å². The monoisotopic (exact) mass is 456 g/mol. The highest BCUT2D eigenvalue weighted by Crippen LogP contribution is 2.31. The lowest BCUT2D eigenvalue weighted by molar-refractivity contribution is -0.120. The molecule has 1 fully saturated rings. The second-order valence-corrected chi connectivity index (χ2v) is 9.15. The van der Waals surface area contributed by atoms with E-state index in [-0.39, 0.29) is 29.6 Å². The number of nitrogens with one attached hydrogen (secondary N) is 1. The minimum Gasteiger partial charge on any atom is -0.495 e. The van der Waals surface area contributed by atoms with Gasteiger partial charge in [0.1, 0.15) is 22.2 Å². The third-order valence-electron chi connectivity index (χ3n) is 4.92. The summed E-state index contributed by atoms with van der Waals surface area (Å²) in [5.41, 5.74) is 0.484. The maximum atomic E-state index is 13.7. The predicted molar refractivity (Wildman–Crippen MR) is 111 cm³/mol. The molecule has 30 heavy (non-hydrogen) atoms. The van der Waals surface area contributed by atoms with Crippen molar-refractivity contribution in [3.63, 3.8) is 0 Å². The van der Waals surface area contributed by atoms with E-state index < -0.39 is 21.8 Å². The first-order valence-electron chi connectivity index (χ1n) is 9.24. The number of amides is 1. The van der Waals surface area contributed by atoms with E-state index in [1.807, 2.05) is 0 Å². The van der Waals surface area contributed by atoms with Gasteiger partial charge in [-0.3, -0.25) is 4.79 Å². The molecule has 1 N–H and O–H groups in total. The molecule has 0 bridgehead atoms. The number of carbonyl (C=O) groups excluding carboxylic acids is 1. The zero-order valence-electron chi connectivity index (χ0n) is 16.5. The van der Waals surface area contributed by atoms with Gasteiger partial charge in [0.25, 0.3) is 0 Å². The molecule has 7 nitrogen and oxygen atoms in total. The highest BCUT2D eigenvalue weighted by atomic mass is 35.5. The molecule has 0 aromatic heterocycles. The Bertz CT molecular complexity index is 1050. The first-order valence-corrected chi connectivity index (χ1v) is 11.1. The van der Waals surface area contributed by atoms with Gasteiger partial charge in [0.15, 0.2) is 0 Å². The Balaban J connectivity index is 1.77. The smallest absolute Gasteiger partial charge is 0.246 e. The topological polar surface area (TPSA) is 84.9 Å². The molecule has 1 saturated heterocycles. The number of anilines is 1. The fourth-order valence-electron chi connectivity index (χ4n) is 3.35. The number of methoxy groups -OCH3 is 2. The molecule has 2 aromatic carbocycles. The molecule has 0 radical (unpaired) electrons. The summed E-state index contributed by atoms with van der Waals surface area (Å²) in [5, 5.41) is 3.11. The third kappa shape index (κ3) is 4.69.